The number of hydrogen-bond donors (Lipinski definition) is 1. The number of anilines is 1. The zero-order chi connectivity index (χ0) is 19.5. The molecule has 1 N–H and O–H groups in total. The Kier molecular flexibility index (Phi) is 3.74. The molecule has 0 radical (unpaired) electrons. The Bertz CT molecular complexity index is 1190. The van der Waals surface area contributed by atoms with Crippen LogP contribution < -0.4 is 4.90 Å². The van der Waals surface area contributed by atoms with E-state index in [9.17, 15) is 4.39 Å². The van der Waals surface area contributed by atoms with E-state index in [2.05, 4.69) is 32.3 Å². The highest BCUT2D eigenvalue weighted by Gasteiger charge is 2.36. The molecule has 2 aliphatic rings. The second-order valence-electron chi connectivity index (χ2n) is 7.57. The molecule has 8 nitrogen and oxygen atoms in total. The molecule has 6 rings (SSSR count). The van der Waals surface area contributed by atoms with Gasteiger partial charge in [-0.3, -0.25) is 0 Å². The van der Waals surface area contributed by atoms with Gasteiger partial charge >= 0.3 is 6.01 Å². The lowest BCUT2D eigenvalue weighted by molar-refractivity contribution is 0.365. The van der Waals surface area contributed by atoms with E-state index in [0.717, 1.165) is 29.0 Å². The first-order chi connectivity index (χ1) is 14.2. The van der Waals surface area contributed by atoms with Crippen molar-refractivity contribution in [2.24, 2.45) is 0 Å². The van der Waals surface area contributed by atoms with E-state index in [-0.39, 0.29) is 17.9 Å². The monoisotopic (exact) mass is 411 g/mol. The lowest BCUT2D eigenvalue weighted by Gasteiger charge is -2.32. The molecule has 1 aliphatic heterocycles. The minimum absolute atomic E-state index is 0.0532. The van der Waals surface area contributed by atoms with Gasteiger partial charge in [0.25, 0.3) is 5.89 Å². The normalized spacial score (nSPS) is 20.2. The first kappa shape index (κ1) is 17.1. The maximum Gasteiger partial charge on any atom is 0.319 e. The minimum atomic E-state index is -1.39. The van der Waals surface area contributed by atoms with E-state index >= 15 is 0 Å². The van der Waals surface area contributed by atoms with Gasteiger partial charge in [0.15, 0.2) is 5.91 Å². The van der Waals surface area contributed by atoms with Gasteiger partial charge in [0, 0.05) is 24.9 Å². The van der Waals surface area contributed by atoms with Crippen molar-refractivity contribution in [3.8, 4) is 0 Å². The van der Waals surface area contributed by atoms with Crippen LogP contribution >= 0.6 is 9.24 Å². The number of rotatable bonds is 4. The summed E-state index contributed by atoms with van der Waals surface area (Å²) in [4.78, 5) is 9.75. The van der Waals surface area contributed by atoms with E-state index in [1.807, 2.05) is 30.9 Å². The van der Waals surface area contributed by atoms with E-state index in [1.54, 1.807) is 6.33 Å². The quantitative estimate of drug-likeness (QED) is 0.519. The highest BCUT2D eigenvalue weighted by Crippen LogP contribution is 2.43. The van der Waals surface area contributed by atoms with Gasteiger partial charge in [-0.15, -0.1) is 5.10 Å². The van der Waals surface area contributed by atoms with Crippen molar-refractivity contribution in [1.82, 2.24) is 29.8 Å². The fourth-order valence-electron chi connectivity index (χ4n) is 4.17. The van der Waals surface area contributed by atoms with Crippen LogP contribution in [-0.4, -0.2) is 36.3 Å². The van der Waals surface area contributed by atoms with Gasteiger partial charge < -0.3 is 14.3 Å². The largest absolute Gasteiger partial charge is 0.404 e. The van der Waals surface area contributed by atoms with Crippen LogP contribution in [0.4, 0.5) is 10.4 Å². The molecule has 3 atom stereocenters. The summed E-state index contributed by atoms with van der Waals surface area (Å²) in [5.74, 6) is -0.826. The molecule has 2 unspecified atom stereocenters. The topological polar surface area (TPSA) is 88.1 Å². The number of halogens is 1. The Balaban J connectivity index is 1.48. The first-order valence-electron chi connectivity index (χ1n) is 9.69. The van der Waals surface area contributed by atoms with Crippen molar-refractivity contribution in [1.29, 1.82) is 0 Å². The second-order valence-corrected chi connectivity index (χ2v) is 8.16. The zero-order valence-corrected chi connectivity index (χ0v) is 16.6. The third-order valence-corrected chi connectivity index (χ3v) is 5.97. The van der Waals surface area contributed by atoms with Crippen molar-refractivity contribution in [3.63, 3.8) is 0 Å². The van der Waals surface area contributed by atoms with Gasteiger partial charge in [-0.2, -0.15) is 5.10 Å². The van der Waals surface area contributed by atoms with E-state index in [0.29, 0.717) is 12.5 Å². The van der Waals surface area contributed by atoms with Crippen LogP contribution in [0.1, 0.15) is 59.3 Å². The van der Waals surface area contributed by atoms with Crippen LogP contribution in [-0.2, 0) is 6.42 Å². The van der Waals surface area contributed by atoms with E-state index < -0.39 is 5.91 Å². The Morgan fingerprint density at radius 3 is 3.00 bits per heavy atom. The lowest BCUT2D eigenvalue weighted by Crippen LogP contribution is -2.36. The van der Waals surface area contributed by atoms with E-state index in [1.165, 1.54) is 18.4 Å². The molecule has 0 amide bonds. The number of fused-ring (bicyclic) bond motifs is 2. The zero-order valence-electron chi connectivity index (χ0n) is 15.5. The summed E-state index contributed by atoms with van der Waals surface area (Å²) in [7, 11) is 2.03. The molecule has 4 aromatic heterocycles. The first-order valence-corrected chi connectivity index (χ1v) is 10.4. The molecule has 148 valence electrons. The molecule has 1 fully saturated rings. The summed E-state index contributed by atoms with van der Waals surface area (Å²) in [6.45, 7) is 0.638. The van der Waals surface area contributed by atoms with Crippen molar-refractivity contribution < 1.29 is 8.81 Å². The highest BCUT2D eigenvalue weighted by molar-refractivity contribution is 7.16. The molecular formula is C19H19FN7OP. The summed E-state index contributed by atoms with van der Waals surface area (Å²) in [6, 6.07) is 6.35. The average Bonchev–Trinajstić information content (AvgIpc) is 3.12. The highest BCUT2D eigenvalue weighted by atomic mass is 31.0. The maximum atomic E-state index is 13.6. The van der Waals surface area contributed by atoms with Crippen LogP contribution in [0.5, 0.6) is 0 Å². The summed E-state index contributed by atoms with van der Waals surface area (Å²) in [5.41, 5.74) is 5.26. The summed E-state index contributed by atoms with van der Waals surface area (Å²) < 4.78 is 21.1. The third-order valence-electron chi connectivity index (χ3n) is 5.69. The number of hydrogen-bond acceptors (Lipinski definition) is 6. The molecule has 0 spiro atoms. The van der Waals surface area contributed by atoms with Crippen LogP contribution in [0.25, 0.3) is 5.52 Å². The fourth-order valence-corrected chi connectivity index (χ4v) is 4.30. The molecule has 4 aromatic rings. The number of nitrogens with zero attached hydrogens (tertiary/aromatic N) is 6. The number of imidazole rings is 1. The number of nitrogens with one attached hydrogen (secondary N) is 1. The van der Waals surface area contributed by atoms with Gasteiger partial charge in [-0.1, -0.05) is 20.4 Å². The number of H-pyrrole nitrogens is 1. The Morgan fingerprint density at radius 2 is 2.21 bits per heavy atom. The van der Waals surface area contributed by atoms with Gasteiger partial charge in [-0.05, 0) is 36.5 Å². The minimum Gasteiger partial charge on any atom is -0.404 e. The molecule has 0 saturated heterocycles. The van der Waals surface area contributed by atoms with Crippen molar-refractivity contribution in [3.05, 3.63) is 59.3 Å². The predicted molar refractivity (Wildman–Crippen MR) is 107 cm³/mol. The summed E-state index contributed by atoms with van der Waals surface area (Å²) >= 11 is 0. The van der Waals surface area contributed by atoms with E-state index in [4.69, 9.17) is 9.52 Å². The number of aromatic amines is 1. The van der Waals surface area contributed by atoms with Crippen molar-refractivity contribution in [2.75, 3.05) is 11.4 Å². The molecule has 1 aliphatic carbocycles. The van der Waals surface area contributed by atoms with Gasteiger partial charge in [0.1, 0.15) is 6.04 Å². The smallest absolute Gasteiger partial charge is 0.319 e. The van der Waals surface area contributed by atoms with Gasteiger partial charge in [0.2, 0.25) is 0 Å². The molecule has 10 heteroatoms. The van der Waals surface area contributed by atoms with Gasteiger partial charge in [-0.25, -0.2) is 13.9 Å². The lowest BCUT2D eigenvalue weighted by atomic mass is 10.00. The van der Waals surface area contributed by atoms with Gasteiger partial charge in [0.05, 0.1) is 23.2 Å². The Morgan fingerprint density at radius 1 is 1.31 bits per heavy atom. The van der Waals surface area contributed by atoms with Crippen LogP contribution in [0.2, 0.25) is 0 Å². The number of alkyl halides is 1. The molecule has 29 heavy (non-hydrogen) atoms. The fraction of sp³-hybridized carbons (Fsp3) is 0.368. The Labute approximate surface area is 167 Å². The molecule has 0 aromatic carbocycles. The molecule has 5 heterocycles. The maximum absolute atomic E-state index is 13.6. The number of pyridine rings is 1. The molecule has 1 saturated carbocycles. The summed E-state index contributed by atoms with van der Waals surface area (Å²) in [6.07, 6.45) is 6.87. The molecule has 0 bridgehead atoms. The number of aromatic nitrogens is 6. The van der Waals surface area contributed by atoms with Crippen LogP contribution in [0.3, 0.4) is 0 Å². The SMILES string of the molecule is FC(P)c1nnc(N2CCc3[nH]cnc3[C@H]2c2cc3c(C4CC4)cccn3n2)o1. The standard InChI is InChI=1S/C19H19FN7OP/c20-17(29)18-23-24-19(28-18)26-7-5-12-15(22-9-21-12)16(26)13-8-14-11(10-3-4-10)2-1-6-27(14)25-13/h1-2,6,8-10,16-17H,3-5,7,29H2,(H,21,22)/t16-,17?/m1/s1. The van der Waals surface area contributed by atoms with Crippen LogP contribution in [0.15, 0.2) is 35.1 Å². The van der Waals surface area contributed by atoms with Crippen molar-refractivity contribution >= 4 is 20.8 Å². The second kappa shape index (κ2) is 6.35. The summed E-state index contributed by atoms with van der Waals surface area (Å²) in [5, 5.41) is 12.8. The Hall–Kier alpha value is -2.80. The van der Waals surface area contributed by atoms with Crippen molar-refractivity contribution in [2.45, 2.75) is 37.1 Å². The molecular weight excluding hydrogens is 392 g/mol. The third kappa shape index (κ3) is 2.75. The average molecular weight is 411 g/mol. The van der Waals surface area contributed by atoms with Crippen LogP contribution in [0, 0.1) is 0 Å². The predicted octanol–water partition coefficient (Wildman–Crippen LogP) is 3.31.